The average Bonchev–Trinajstić information content (AvgIpc) is 2.56. The molecule has 1 fully saturated rings. The Hall–Kier alpha value is -1.76. The molecule has 1 heteroatoms. The van der Waals surface area contributed by atoms with Gasteiger partial charge < -0.3 is 4.74 Å². The van der Waals surface area contributed by atoms with Gasteiger partial charge in [-0.25, -0.2) is 0 Å². The second-order valence-corrected chi connectivity index (χ2v) is 5.68. The van der Waals surface area contributed by atoms with Crippen LogP contribution in [-0.4, -0.2) is 7.11 Å². The molecule has 0 bridgehead atoms. The Morgan fingerprint density at radius 1 is 0.750 bits per heavy atom. The minimum absolute atomic E-state index is 0.650. The molecule has 0 spiro atoms. The summed E-state index contributed by atoms with van der Waals surface area (Å²) in [6.07, 6.45) is 5.30. The lowest BCUT2D eigenvalue weighted by molar-refractivity contribution is 0.385. The Morgan fingerprint density at radius 2 is 1.30 bits per heavy atom. The third-order valence-electron chi connectivity index (χ3n) is 4.54. The Bertz CT molecular complexity index is 529. The van der Waals surface area contributed by atoms with Crippen LogP contribution in [0.4, 0.5) is 0 Å². The molecular weight excluding hydrogens is 244 g/mol. The summed E-state index contributed by atoms with van der Waals surface area (Å²) in [5.74, 6) is 2.26. The average molecular weight is 266 g/mol. The van der Waals surface area contributed by atoms with Crippen molar-refractivity contribution in [2.24, 2.45) is 0 Å². The topological polar surface area (TPSA) is 9.23 Å². The minimum Gasteiger partial charge on any atom is -0.497 e. The van der Waals surface area contributed by atoms with Gasteiger partial charge in [0.15, 0.2) is 0 Å². The van der Waals surface area contributed by atoms with Crippen LogP contribution in [0, 0.1) is 0 Å². The molecule has 2 aromatic rings. The highest BCUT2D eigenvalue weighted by Crippen LogP contribution is 2.44. The van der Waals surface area contributed by atoms with E-state index in [4.69, 9.17) is 4.74 Å². The monoisotopic (exact) mass is 266 g/mol. The first-order valence-corrected chi connectivity index (χ1v) is 7.57. The fourth-order valence-electron chi connectivity index (χ4n) is 3.48. The van der Waals surface area contributed by atoms with Gasteiger partial charge in [0.1, 0.15) is 5.75 Å². The fraction of sp³-hybridized carbons (Fsp3) is 0.368. The van der Waals surface area contributed by atoms with Crippen LogP contribution < -0.4 is 4.74 Å². The van der Waals surface area contributed by atoms with E-state index < -0.39 is 0 Å². The number of methoxy groups -OCH3 is 1. The van der Waals surface area contributed by atoms with Gasteiger partial charge in [0, 0.05) is 0 Å². The number of benzene rings is 2. The Morgan fingerprint density at radius 3 is 1.85 bits per heavy atom. The van der Waals surface area contributed by atoms with Crippen molar-refractivity contribution in [1.29, 1.82) is 0 Å². The molecule has 104 valence electrons. The number of ether oxygens (including phenoxy) is 1. The standard InChI is InChI=1S/C19H22O/c1-20-17-13-11-16(12-14-17)19-10-6-5-9-18(19)15-7-3-2-4-8-15/h2-4,7-8,11-14,18-19H,5-6,9-10H2,1H3. The van der Waals surface area contributed by atoms with Gasteiger partial charge in [-0.15, -0.1) is 0 Å². The van der Waals surface area contributed by atoms with E-state index in [1.807, 2.05) is 0 Å². The van der Waals surface area contributed by atoms with Crippen molar-refractivity contribution >= 4 is 0 Å². The van der Waals surface area contributed by atoms with Gasteiger partial charge in [0.05, 0.1) is 7.11 Å². The van der Waals surface area contributed by atoms with Gasteiger partial charge in [0.2, 0.25) is 0 Å². The summed E-state index contributed by atoms with van der Waals surface area (Å²) in [4.78, 5) is 0. The lowest BCUT2D eigenvalue weighted by atomic mass is 9.72. The van der Waals surface area contributed by atoms with Gasteiger partial charge in [-0.1, -0.05) is 55.3 Å². The van der Waals surface area contributed by atoms with Crippen LogP contribution in [0.1, 0.15) is 48.6 Å². The molecule has 1 aliphatic carbocycles. The Kier molecular flexibility index (Phi) is 4.05. The molecule has 0 saturated heterocycles. The molecule has 2 aromatic carbocycles. The molecule has 0 amide bonds. The van der Waals surface area contributed by atoms with Gasteiger partial charge in [-0.3, -0.25) is 0 Å². The lowest BCUT2D eigenvalue weighted by Crippen LogP contribution is -2.16. The normalized spacial score (nSPS) is 22.4. The molecule has 20 heavy (non-hydrogen) atoms. The molecule has 0 aromatic heterocycles. The largest absolute Gasteiger partial charge is 0.497 e. The van der Waals surface area contributed by atoms with Crippen LogP contribution in [0.15, 0.2) is 54.6 Å². The van der Waals surface area contributed by atoms with Gasteiger partial charge >= 0.3 is 0 Å². The summed E-state index contributed by atoms with van der Waals surface area (Å²) < 4.78 is 5.27. The van der Waals surface area contributed by atoms with Crippen LogP contribution in [-0.2, 0) is 0 Å². The van der Waals surface area contributed by atoms with Crippen LogP contribution in [0.25, 0.3) is 0 Å². The van der Waals surface area contributed by atoms with Gasteiger partial charge in [0.25, 0.3) is 0 Å². The molecule has 3 rings (SSSR count). The third kappa shape index (κ3) is 2.72. The molecule has 1 nitrogen and oxygen atoms in total. The molecule has 2 atom stereocenters. The molecule has 0 radical (unpaired) electrons. The summed E-state index contributed by atoms with van der Waals surface area (Å²) in [5.41, 5.74) is 2.95. The predicted molar refractivity (Wildman–Crippen MR) is 83.4 cm³/mol. The molecule has 0 aliphatic heterocycles. The van der Waals surface area contributed by atoms with Crippen LogP contribution in [0.2, 0.25) is 0 Å². The molecule has 1 saturated carbocycles. The summed E-state index contributed by atoms with van der Waals surface area (Å²) >= 11 is 0. The molecule has 0 heterocycles. The molecule has 2 unspecified atom stereocenters. The highest BCUT2D eigenvalue weighted by molar-refractivity contribution is 5.33. The smallest absolute Gasteiger partial charge is 0.118 e. The van der Waals surface area contributed by atoms with Gasteiger partial charge in [-0.2, -0.15) is 0 Å². The second-order valence-electron chi connectivity index (χ2n) is 5.68. The van der Waals surface area contributed by atoms with E-state index in [1.165, 1.54) is 36.8 Å². The lowest BCUT2D eigenvalue weighted by Gasteiger charge is -2.32. The third-order valence-corrected chi connectivity index (χ3v) is 4.54. The number of hydrogen-bond donors (Lipinski definition) is 0. The number of hydrogen-bond acceptors (Lipinski definition) is 1. The SMILES string of the molecule is COc1ccc(C2CCCCC2c2ccccc2)cc1. The summed E-state index contributed by atoms with van der Waals surface area (Å²) in [5, 5.41) is 0. The van der Waals surface area contributed by atoms with Crippen LogP contribution in [0.5, 0.6) is 5.75 Å². The van der Waals surface area contributed by atoms with Crippen LogP contribution in [0.3, 0.4) is 0 Å². The first kappa shape index (κ1) is 13.2. The molecular formula is C19H22O. The molecule has 1 aliphatic rings. The van der Waals surface area contributed by atoms with E-state index in [2.05, 4.69) is 54.6 Å². The fourth-order valence-corrected chi connectivity index (χ4v) is 3.48. The van der Waals surface area contributed by atoms with Crippen molar-refractivity contribution < 1.29 is 4.74 Å². The maximum Gasteiger partial charge on any atom is 0.118 e. The van der Waals surface area contributed by atoms with E-state index in [-0.39, 0.29) is 0 Å². The van der Waals surface area contributed by atoms with Gasteiger partial charge in [-0.05, 0) is 47.9 Å². The highest BCUT2D eigenvalue weighted by atomic mass is 16.5. The predicted octanol–water partition coefficient (Wildman–Crippen LogP) is 5.14. The van der Waals surface area contributed by atoms with E-state index in [1.54, 1.807) is 7.11 Å². The highest BCUT2D eigenvalue weighted by Gasteiger charge is 2.27. The Labute approximate surface area is 121 Å². The van der Waals surface area contributed by atoms with E-state index >= 15 is 0 Å². The van der Waals surface area contributed by atoms with Crippen LogP contribution >= 0.6 is 0 Å². The van der Waals surface area contributed by atoms with Crippen molar-refractivity contribution in [1.82, 2.24) is 0 Å². The second kappa shape index (κ2) is 6.13. The summed E-state index contributed by atoms with van der Waals surface area (Å²) in [6.45, 7) is 0. The zero-order valence-corrected chi connectivity index (χ0v) is 12.1. The number of rotatable bonds is 3. The molecule has 0 N–H and O–H groups in total. The summed E-state index contributed by atoms with van der Waals surface area (Å²) in [6, 6.07) is 19.7. The van der Waals surface area contributed by atoms with Crippen molar-refractivity contribution in [2.45, 2.75) is 37.5 Å². The van der Waals surface area contributed by atoms with E-state index in [0.717, 1.165) is 5.75 Å². The first-order valence-electron chi connectivity index (χ1n) is 7.57. The Balaban J connectivity index is 1.88. The van der Waals surface area contributed by atoms with Crippen molar-refractivity contribution in [2.75, 3.05) is 7.11 Å². The minimum atomic E-state index is 0.650. The van der Waals surface area contributed by atoms with E-state index in [0.29, 0.717) is 11.8 Å². The van der Waals surface area contributed by atoms with E-state index in [9.17, 15) is 0 Å². The van der Waals surface area contributed by atoms with Crippen molar-refractivity contribution in [3.8, 4) is 5.75 Å². The zero-order valence-electron chi connectivity index (χ0n) is 12.1. The maximum absolute atomic E-state index is 5.27. The van der Waals surface area contributed by atoms with Crippen molar-refractivity contribution in [3.05, 3.63) is 65.7 Å². The quantitative estimate of drug-likeness (QED) is 0.747. The van der Waals surface area contributed by atoms with Crippen molar-refractivity contribution in [3.63, 3.8) is 0 Å². The maximum atomic E-state index is 5.27. The summed E-state index contributed by atoms with van der Waals surface area (Å²) in [7, 11) is 1.72. The zero-order chi connectivity index (χ0) is 13.8. The first-order chi connectivity index (χ1) is 9.88.